The summed E-state index contributed by atoms with van der Waals surface area (Å²) in [5, 5.41) is 0.982. The van der Waals surface area contributed by atoms with Gasteiger partial charge in [0.2, 0.25) is 0 Å². The van der Waals surface area contributed by atoms with E-state index in [4.69, 9.17) is 0 Å². The Morgan fingerprint density at radius 3 is 2.54 bits per heavy atom. The quantitative estimate of drug-likeness (QED) is 0.564. The maximum Gasteiger partial charge on any atom is 0.0369 e. The van der Waals surface area contributed by atoms with Crippen molar-refractivity contribution in [2.24, 2.45) is 0 Å². The summed E-state index contributed by atoms with van der Waals surface area (Å²) in [6.07, 6.45) is 1.93. The van der Waals surface area contributed by atoms with Crippen molar-refractivity contribution in [3.8, 4) is 0 Å². The SMILES string of the molecule is C=CCN(CCBr)c1ccccc1. The summed E-state index contributed by atoms with van der Waals surface area (Å²) in [4.78, 5) is 2.28. The zero-order valence-electron chi connectivity index (χ0n) is 7.62. The van der Waals surface area contributed by atoms with Gasteiger partial charge >= 0.3 is 0 Å². The summed E-state index contributed by atoms with van der Waals surface area (Å²) < 4.78 is 0. The summed E-state index contributed by atoms with van der Waals surface area (Å²) in [6.45, 7) is 5.66. The van der Waals surface area contributed by atoms with E-state index in [2.05, 4.69) is 51.7 Å². The van der Waals surface area contributed by atoms with Crippen molar-refractivity contribution >= 4 is 21.6 Å². The Morgan fingerprint density at radius 2 is 2.00 bits per heavy atom. The Morgan fingerprint density at radius 1 is 1.31 bits per heavy atom. The Balaban J connectivity index is 2.69. The van der Waals surface area contributed by atoms with Crippen LogP contribution in [0, 0.1) is 0 Å². The normalized spacial score (nSPS) is 9.62. The van der Waals surface area contributed by atoms with Gasteiger partial charge in [-0.2, -0.15) is 0 Å². The van der Waals surface area contributed by atoms with Crippen molar-refractivity contribution in [1.82, 2.24) is 0 Å². The number of anilines is 1. The average Bonchev–Trinajstić information content (AvgIpc) is 2.19. The Labute approximate surface area is 88.2 Å². The lowest BCUT2D eigenvalue weighted by Gasteiger charge is -2.21. The lowest BCUT2D eigenvalue weighted by atomic mass is 10.3. The van der Waals surface area contributed by atoms with Crippen molar-refractivity contribution in [1.29, 1.82) is 0 Å². The molecule has 70 valence electrons. The maximum absolute atomic E-state index is 3.75. The molecule has 0 heterocycles. The van der Waals surface area contributed by atoms with Crippen LogP contribution in [-0.2, 0) is 0 Å². The molecule has 1 aromatic rings. The maximum atomic E-state index is 3.75. The Hall–Kier alpha value is -0.760. The average molecular weight is 240 g/mol. The minimum absolute atomic E-state index is 0.898. The molecule has 0 radical (unpaired) electrons. The van der Waals surface area contributed by atoms with E-state index in [0.717, 1.165) is 18.4 Å². The van der Waals surface area contributed by atoms with E-state index < -0.39 is 0 Å². The molecule has 0 aliphatic carbocycles. The third-order valence-corrected chi connectivity index (χ3v) is 2.18. The molecular weight excluding hydrogens is 226 g/mol. The van der Waals surface area contributed by atoms with E-state index in [1.807, 2.05) is 12.1 Å². The van der Waals surface area contributed by atoms with E-state index in [9.17, 15) is 0 Å². The molecule has 0 unspecified atom stereocenters. The van der Waals surface area contributed by atoms with Gasteiger partial charge in [0.1, 0.15) is 0 Å². The van der Waals surface area contributed by atoms with Crippen LogP contribution >= 0.6 is 15.9 Å². The molecule has 2 heteroatoms. The van der Waals surface area contributed by atoms with E-state index in [0.29, 0.717) is 0 Å². The predicted octanol–water partition coefficient (Wildman–Crippen LogP) is 3.07. The number of halogens is 1. The number of benzene rings is 1. The number of rotatable bonds is 5. The second-order valence-corrected chi connectivity index (χ2v) is 3.55. The van der Waals surface area contributed by atoms with E-state index in [1.54, 1.807) is 0 Å². The number of alkyl halides is 1. The molecule has 0 aliphatic heterocycles. The largest absolute Gasteiger partial charge is 0.367 e. The standard InChI is InChI=1S/C11H14BrN/c1-2-9-13(10-8-12)11-6-4-3-5-7-11/h2-7H,1,8-10H2. The zero-order valence-corrected chi connectivity index (χ0v) is 9.20. The second kappa shape index (κ2) is 5.81. The number of nitrogens with zero attached hydrogens (tertiary/aromatic N) is 1. The lowest BCUT2D eigenvalue weighted by molar-refractivity contribution is 0.918. The van der Waals surface area contributed by atoms with E-state index in [-0.39, 0.29) is 0 Å². The molecule has 0 aliphatic rings. The van der Waals surface area contributed by atoms with Crippen LogP contribution in [0.5, 0.6) is 0 Å². The summed E-state index contributed by atoms with van der Waals surface area (Å²) in [6, 6.07) is 10.4. The highest BCUT2D eigenvalue weighted by Gasteiger charge is 2.01. The van der Waals surface area contributed by atoms with Crippen LogP contribution in [0.4, 0.5) is 5.69 Å². The molecule has 1 nitrogen and oxygen atoms in total. The van der Waals surface area contributed by atoms with Crippen molar-refractivity contribution in [3.63, 3.8) is 0 Å². The van der Waals surface area contributed by atoms with Crippen LogP contribution in [0.15, 0.2) is 43.0 Å². The van der Waals surface area contributed by atoms with Gasteiger partial charge in [0, 0.05) is 24.1 Å². The molecule has 0 N–H and O–H groups in total. The highest BCUT2D eigenvalue weighted by Crippen LogP contribution is 2.12. The first kappa shape index (κ1) is 10.3. The van der Waals surface area contributed by atoms with Crippen LogP contribution in [0.25, 0.3) is 0 Å². The highest BCUT2D eigenvalue weighted by atomic mass is 79.9. The summed E-state index contributed by atoms with van der Waals surface area (Å²) in [5.74, 6) is 0. The van der Waals surface area contributed by atoms with Crippen LogP contribution in [0.2, 0.25) is 0 Å². The van der Waals surface area contributed by atoms with Crippen LogP contribution in [0.1, 0.15) is 0 Å². The van der Waals surface area contributed by atoms with Gasteiger partial charge in [-0.1, -0.05) is 40.2 Å². The van der Waals surface area contributed by atoms with Crippen molar-refractivity contribution < 1.29 is 0 Å². The van der Waals surface area contributed by atoms with Crippen LogP contribution in [0.3, 0.4) is 0 Å². The summed E-state index contributed by atoms with van der Waals surface area (Å²) in [5.41, 5.74) is 1.25. The minimum Gasteiger partial charge on any atom is -0.367 e. The molecule has 1 aromatic carbocycles. The van der Waals surface area contributed by atoms with Gasteiger partial charge < -0.3 is 4.90 Å². The van der Waals surface area contributed by atoms with Gasteiger partial charge in [-0.05, 0) is 12.1 Å². The molecule has 0 saturated carbocycles. The molecule has 0 saturated heterocycles. The van der Waals surface area contributed by atoms with Gasteiger partial charge in [-0.15, -0.1) is 6.58 Å². The molecule has 0 bridgehead atoms. The first-order chi connectivity index (χ1) is 6.38. The summed E-state index contributed by atoms with van der Waals surface area (Å²) >= 11 is 3.44. The zero-order chi connectivity index (χ0) is 9.52. The van der Waals surface area contributed by atoms with Gasteiger partial charge in [-0.25, -0.2) is 0 Å². The Kier molecular flexibility index (Phi) is 4.61. The van der Waals surface area contributed by atoms with Gasteiger partial charge in [0.15, 0.2) is 0 Å². The fourth-order valence-electron chi connectivity index (χ4n) is 1.22. The molecule has 1 rings (SSSR count). The number of hydrogen-bond acceptors (Lipinski definition) is 1. The van der Waals surface area contributed by atoms with Crippen LogP contribution in [-0.4, -0.2) is 18.4 Å². The van der Waals surface area contributed by atoms with E-state index >= 15 is 0 Å². The van der Waals surface area contributed by atoms with Crippen molar-refractivity contribution in [2.45, 2.75) is 0 Å². The smallest absolute Gasteiger partial charge is 0.0369 e. The predicted molar refractivity (Wildman–Crippen MR) is 62.6 cm³/mol. The van der Waals surface area contributed by atoms with Crippen LogP contribution < -0.4 is 4.90 Å². The van der Waals surface area contributed by atoms with E-state index in [1.165, 1.54) is 5.69 Å². The number of para-hydroxylation sites is 1. The first-order valence-electron chi connectivity index (χ1n) is 4.35. The monoisotopic (exact) mass is 239 g/mol. The third kappa shape index (κ3) is 3.23. The number of hydrogen-bond donors (Lipinski definition) is 0. The van der Waals surface area contributed by atoms with Crippen molar-refractivity contribution in [2.75, 3.05) is 23.3 Å². The van der Waals surface area contributed by atoms with Gasteiger partial charge in [0.05, 0.1) is 0 Å². The molecule has 0 fully saturated rings. The topological polar surface area (TPSA) is 3.24 Å². The van der Waals surface area contributed by atoms with Gasteiger partial charge in [0.25, 0.3) is 0 Å². The lowest BCUT2D eigenvalue weighted by Crippen LogP contribution is -2.25. The second-order valence-electron chi connectivity index (χ2n) is 2.76. The molecular formula is C11H14BrN. The molecule has 13 heavy (non-hydrogen) atoms. The fraction of sp³-hybridized carbons (Fsp3) is 0.273. The highest BCUT2D eigenvalue weighted by molar-refractivity contribution is 9.09. The fourth-order valence-corrected chi connectivity index (χ4v) is 1.65. The molecule has 0 spiro atoms. The molecule has 0 amide bonds. The van der Waals surface area contributed by atoms with Gasteiger partial charge in [-0.3, -0.25) is 0 Å². The third-order valence-electron chi connectivity index (χ3n) is 1.83. The minimum atomic E-state index is 0.898. The first-order valence-corrected chi connectivity index (χ1v) is 5.47. The molecule has 0 aromatic heterocycles. The summed E-state index contributed by atoms with van der Waals surface area (Å²) in [7, 11) is 0. The Bertz CT molecular complexity index is 246. The molecule has 0 atom stereocenters. The van der Waals surface area contributed by atoms with Crippen molar-refractivity contribution in [3.05, 3.63) is 43.0 Å².